The average molecular weight is 324 g/mol. The van der Waals surface area contributed by atoms with Crippen LogP contribution in [0.5, 0.6) is 0 Å². The number of hydrogen-bond donors (Lipinski definition) is 0. The molecule has 128 valence electrons. The van der Waals surface area contributed by atoms with Crippen LogP contribution >= 0.6 is 7.82 Å². The fourth-order valence-corrected chi connectivity index (χ4v) is 2.21. The summed E-state index contributed by atoms with van der Waals surface area (Å²) in [4.78, 5) is 0. The smallest absolute Gasteiger partial charge is 0.382 e. The molecule has 0 aromatic heterocycles. The molecule has 0 spiro atoms. The van der Waals surface area contributed by atoms with E-state index in [0.717, 1.165) is 25.7 Å². The lowest BCUT2D eigenvalue weighted by Gasteiger charge is -2.17. The molecule has 0 aliphatic heterocycles. The zero-order valence-electron chi connectivity index (χ0n) is 14.4. The summed E-state index contributed by atoms with van der Waals surface area (Å²) in [5.41, 5.74) is 1.17. The molecule has 21 heavy (non-hydrogen) atoms. The van der Waals surface area contributed by atoms with Crippen molar-refractivity contribution in [3.8, 4) is 0 Å². The first kappa shape index (κ1) is 23.1. The minimum atomic E-state index is -3.39. The molecule has 0 heterocycles. The Morgan fingerprint density at radius 1 is 0.905 bits per heavy atom. The van der Waals surface area contributed by atoms with E-state index < -0.39 is 7.82 Å². The van der Waals surface area contributed by atoms with Crippen molar-refractivity contribution in [2.24, 2.45) is 0 Å². The fraction of sp³-hybridized carbons (Fsp3) is 0.867. The second kappa shape index (κ2) is 16.2. The molecule has 0 bridgehead atoms. The zero-order chi connectivity index (χ0) is 16.6. The first-order valence-electron chi connectivity index (χ1n) is 7.56. The topological polar surface area (TPSA) is 54.0 Å². The molecule has 0 aromatic carbocycles. The number of allylic oxidation sites excluding steroid dienone is 1. The third kappa shape index (κ3) is 19.8. The Balaban J connectivity index is 0. The van der Waals surface area contributed by atoms with E-state index in [1.54, 1.807) is 7.11 Å². The minimum Gasteiger partial charge on any atom is -0.382 e. The van der Waals surface area contributed by atoms with Crippen molar-refractivity contribution < 1.29 is 22.9 Å². The van der Waals surface area contributed by atoms with Gasteiger partial charge in [0.15, 0.2) is 0 Å². The highest BCUT2D eigenvalue weighted by molar-refractivity contribution is 7.48. The predicted octanol–water partition coefficient (Wildman–Crippen LogP) is 4.97. The summed E-state index contributed by atoms with van der Waals surface area (Å²) in [6.07, 6.45) is 3.64. The van der Waals surface area contributed by atoms with Gasteiger partial charge in [-0.15, -0.1) is 6.58 Å². The largest absolute Gasteiger partial charge is 0.474 e. The highest BCUT2D eigenvalue weighted by Gasteiger charge is 2.25. The molecule has 0 saturated carbocycles. The van der Waals surface area contributed by atoms with Gasteiger partial charge in [-0.25, -0.2) is 4.57 Å². The maximum atomic E-state index is 12.1. The maximum Gasteiger partial charge on any atom is 0.474 e. The standard InChI is InChI=1S/C11H25O5P.C4H8/c1-4-6-8-14-17(12,15-9-7-5-2)16-11-10-13-3;1-4(2)3/h4-11H2,1-3H3;1H2,2-3H3. The van der Waals surface area contributed by atoms with Crippen molar-refractivity contribution in [1.82, 2.24) is 0 Å². The van der Waals surface area contributed by atoms with E-state index >= 15 is 0 Å². The van der Waals surface area contributed by atoms with Gasteiger partial charge in [0.25, 0.3) is 0 Å². The first-order chi connectivity index (χ1) is 9.91. The third-order valence-corrected chi connectivity index (χ3v) is 3.53. The van der Waals surface area contributed by atoms with Gasteiger partial charge in [0.2, 0.25) is 0 Å². The van der Waals surface area contributed by atoms with Gasteiger partial charge in [0.05, 0.1) is 26.4 Å². The molecular formula is C15H33O5P. The number of unbranched alkanes of at least 4 members (excludes halogenated alkanes) is 2. The number of methoxy groups -OCH3 is 1. The zero-order valence-corrected chi connectivity index (χ0v) is 15.2. The SMILES string of the molecule is C=C(C)C.CCCCOP(=O)(OCCCC)OCCOC. The number of rotatable bonds is 12. The lowest BCUT2D eigenvalue weighted by Crippen LogP contribution is -2.06. The first-order valence-corrected chi connectivity index (χ1v) is 9.02. The van der Waals surface area contributed by atoms with Crippen LogP contribution in [-0.4, -0.2) is 33.5 Å². The number of phosphoric ester groups is 1. The van der Waals surface area contributed by atoms with Crippen molar-refractivity contribution in [2.75, 3.05) is 33.5 Å². The molecule has 0 rings (SSSR count). The molecule has 0 unspecified atom stereocenters. The Kier molecular flexibility index (Phi) is 17.8. The van der Waals surface area contributed by atoms with E-state index in [1.165, 1.54) is 5.57 Å². The molecule has 0 radical (unpaired) electrons. The molecule has 0 amide bonds. The minimum absolute atomic E-state index is 0.214. The van der Waals surface area contributed by atoms with E-state index in [0.29, 0.717) is 19.8 Å². The van der Waals surface area contributed by atoms with Gasteiger partial charge in [-0.1, -0.05) is 32.3 Å². The van der Waals surface area contributed by atoms with Crippen LogP contribution in [0.25, 0.3) is 0 Å². The summed E-state index contributed by atoms with van der Waals surface area (Å²) in [5, 5.41) is 0. The Bertz CT molecular complexity index is 244. The van der Waals surface area contributed by atoms with Crippen LogP contribution in [0, 0.1) is 0 Å². The molecule has 5 nitrogen and oxygen atoms in total. The number of phosphoric acid groups is 1. The molecule has 0 fully saturated rings. The molecule has 0 N–H and O–H groups in total. The highest BCUT2D eigenvalue weighted by Crippen LogP contribution is 2.49. The Morgan fingerprint density at radius 3 is 1.62 bits per heavy atom. The van der Waals surface area contributed by atoms with Crippen LogP contribution in [-0.2, 0) is 22.9 Å². The lowest BCUT2D eigenvalue weighted by atomic mass is 10.4. The fourth-order valence-electron chi connectivity index (χ4n) is 0.986. The van der Waals surface area contributed by atoms with E-state index in [2.05, 4.69) is 6.58 Å². The van der Waals surface area contributed by atoms with Crippen LogP contribution in [0.1, 0.15) is 53.4 Å². The summed E-state index contributed by atoms with van der Waals surface area (Å²) >= 11 is 0. The molecule has 6 heteroatoms. The summed E-state index contributed by atoms with van der Waals surface area (Å²) in [6.45, 7) is 13.0. The van der Waals surface area contributed by atoms with E-state index in [1.807, 2.05) is 27.7 Å². The Hall–Kier alpha value is -0.190. The highest BCUT2D eigenvalue weighted by atomic mass is 31.2. The number of ether oxygens (including phenoxy) is 1. The molecular weight excluding hydrogens is 291 g/mol. The second-order valence-electron chi connectivity index (χ2n) is 4.85. The van der Waals surface area contributed by atoms with Crippen LogP contribution < -0.4 is 0 Å². The van der Waals surface area contributed by atoms with Gasteiger partial charge in [-0.2, -0.15) is 0 Å². The van der Waals surface area contributed by atoms with Crippen molar-refractivity contribution in [1.29, 1.82) is 0 Å². The van der Waals surface area contributed by atoms with E-state index in [-0.39, 0.29) is 6.61 Å². The monoisotopic (exact) mass is 324 g/mol. The third-order valence-electron chi connectivity index (χ3n) is 2.03. The van der Waals surface area contributed by atoms with E-state index in [4.69, 9.17) is 18.3 Å². The summed E-state index contributed by atoms with van der Waals surface area (Å²) < 4.78 is 32.5. The average Bonchev–Trinajstić information content (AvgIpc) is 2.39. The Morgan fingerprint density at radius 2 is 1.29 bits per heavy atom. The maximum absolute atomic E-state index is 12.1. The van der Waals surface area contributed by atoms with Gasteiger partial charge in [-0.3, -0.25) is 13.6 Å². The summed E-state index contributed by atoms with van der Waals surface area (Å²) in [5.74, 6) is 0. The summed E-state index contributed by atoms with van der Waals surface area (Å²) in [7, 11) is -1.83. The van der Waals surface area contributed by atoms with Crippen molar-refractivity contribution in [3.63, 3.8) is 0 Å². The molecule has 0 aliphatic carbocycles. The van der Waals surface area contributed by atoms with Gasteiger partial charge in [-0.05, 0) is 26.7 Å². The van der Waals surface area contributed by atoms with Crippen LogP contribution in [0.4, 0.5) is 0 Å². The van der Waals surface area contributed by atoms with Crippen LogP contribution in [0.15, 0.2) is 12.2 Å². The molecule has 0 aliphatic rings. The Labute approximate surface area is 130 Å². The van der Waals surface area contributed by atoms with Gasteiger partial charge in [0, 0.05) is 7.11 Å². The number of hydrogen-bond acceptors (Lipinski definition) is 5. The van der Waals surface area contributed by atoms with Crippen LogP contribution in [0.3, 0.4) is 0 Å². The van der Waals surface area contributed by atoms with Crippen molar-refractivity contribution in [2.45, 2.75) is 53.4 Å². The van der Waals surface area contributed by atoms with Gasteiger partial charge < -0.3 is 4.74 Å². The van der Waals surface area contributed by atoms with Crippen molar-refractivity contribution in [3.05, 3.63) is 12.2 Å². The van der Waals surface area contributed by atoms with Crippen molar-refractivity contribution >= 4 is 7.82 Å². The quantitative estimate of drug-likeness (QED) is 0.288. The van der Waals surface area contributed by atoms with Gasteiger partial charge in [0.1, 0.15) is 0 Å². The normalized spacial score (nSPS) is 10.9. The van der Waals surface area contributed by atoms with E-state index in [9.17, 15) is 4.57 Å². The predicted molar refractivity (Wildman–Crippen MR) is 87.6 cm³/mol. The molecule has 0 saturated heterocycles. The second-order valence-corrected chi connectivity index (χ2v) is 6.52. The molecule has 0 aromatic rings. The molecule has 0 atom stereocenters. The van der Waals surface area contributed by atoms with Crippen LogP contribution in [0.2, 0.25) is 0 Å². The lowest BCUT2D eigenvalue weighted by molar-refractivity contribution is 0.0819. The van der Waals surface area contributed by atoms with Gasteiger partial charge >= 0.3 is 7.82 Å². The summed E-state index contributed by atoms with van der Waals surface area (Å²) in [6, 6.07) is 0.